The van der Waals surface area contributed by atoms with E-state index in [4.69, 9.17) is 10.5 Å². The van der Waals surface area contributed by atoms with Crippen LogP contribution in [0, 0.1) is 5.92 Å². The van der Waals surface area contributed by atoms with Crippen molar-refractivity contribution in [2.24, 2.45) is 11.7 Å². The van der Waals surface area contributed by atoms with Crippen LogP contribution < -0.4 is 5.73 Å². The average molecular weight is 320 g/mol. The van der Waals surface area contributed by atoms with Gasteiger partial charge in [0, 0.05) is 0 Å². The minimum absolute atomic E-state index is 0.0447. The van der Waals surface area contributed by atoms with Crippen LogP contribution in [0.2, 0.25) is 0 Å². The summed E-state index contributed by atoms with van der Waals surface area (Å²) in [5.74, 6) is -0.726. The molecule has 1 amide bonds. The molecule has 2 aliphatic rings. The summed E-state index contributed by atoms with van der Waals surface area (Å²) in [7, 11) is 0. The second-order valence-electron chi connectivity index (χ2n) is 6.34. The minimum atomic E-state index is -1.42. The number of benzene rings is 1. The lowest BCUT2D eigenvalue weighted by molar-refractivity contribution is -0.177. The van der Waals surface area contributed by atoms with Crippen molar-refractivity contribution >= 4 is 23.6 Å². The average Bonchev–Trinajstić information content (AvgIpc) is 2.71. The summed E-state index contributed by atoms with van der Waals surface area (Å²) in [6, 6.07) is 9.42. The number of ether oxygens (including phenoxy) is 1. The van der Waals surface area contributed by atoms with Crippen LogP contribution in [0.4, 0.5) is 0 Å². The SMILES string of the molecule is C[C@@H]1C(=O)N2[C@@H]1SC(C)(C)[C@]2(N)C(=O)OCc1ccccc1. The maximum absolute atomic E-state index is 12.6. The molecule has 2 fully saturated rings. The van der Waals surface area contributed by atoms with Crippen LogP contribution in [-0.4, -0.2) is 32.6 Å². The van der Waals surface area contributed by atoms with Crippen molar-refractivity contribution in [3.8, 4) is 0 Å². The molecule has 0 bridgehead atoms. The molecule has 0 radical (unpaired) electrons. The number of fused-ring (bicyclic) bond motifs is 1. The number of thioether (sulfide) groups is 1. The van der Waals surface area contributed by atoms with Crippen molar-refractivity contribution in [3.05, 3.63) is 35.9 Å². The molecule has 3 rings (SSSR count). The Morgan fingerprint density at radius 2 is 2.00 bits per heavy atom. The number of esters is 1. The number of hydrogen-bond donors (Lipinski definition) is 1. The quantitative estimate of drug-likeness (QED) is 0.678. The third-order valence-corrected chi connectivity index (χ3v) is 6.31. The van der Waals surface area contributed by atoms with Gasteiger partial charge in [-0.25, -0.2) is 4.79 Å². The van der Waals surface area contributed by atoms with Gasteiger partial charge < -0.3 is 9.64 Å². The molecule has 118 valence electrons. The van der Waals surface area contributed by atoms with E-state index in [9.17, 15) is 9.59 Å². The summed E-state index contributed by atoms with van der Waals surface area (Å²) >= 11 is 1.57. The van der Waals surface area contributed by atoms with E-state index in [0.29, 0.717) is 0 Å². The normalized spacial score (nSPS) is 32.4. The Kier molecular flexibility index (Phi) is 3.49. The molecule has 6 heteroatoms. The van der Waals surface area contributed by atoms with E-state index in [1.54, 1.807) is 11.8 Å². The molecule has 3 atom stereocenters. The van der Waals surface area contributed by atoms with Crippen molar-refractivity contribution in [3.63, 3.8) is 0 Å². The minimum Gasteiger partial charge on any atom is -0.458 e. The monoisotopic (exact) mass is 320 g/mol. The van der Waals surface area contributed by atoms with Crippen LogP contribution in [0.15, 0.2) is 30.3 Å². The zero-order valence-corrected chi connectivity index (χ0v) is 13.7. The standard InChI is InChI=1S/C16H20N2O3S/c1-10-12(19)18-13(10)22-15(2,3)16(18,17)14(20)21-9-11-7-5-4-6-8-11/h4-8,10,13H,9,17H2,1-3H3/t10-,13-,16+/m1/s1. The Morgan fingerprint density at radius 1 is 1.36 bits per heavy atom. The molecule has 2 aliphatic heterocycles. The highest BCUT2D eigenvalue weighted by molar-refractivity contribution is 8.01. The van der Waals surface area contributed by atoms with Crippen LogP contribution >= 0.6 is 11.8 Å². The molecule has 0 spiro atoms. The molecule has 2 saturated heterocycles. The number of β-lactam (4-membered cyclic amide) rings is 1. The first kappa shape index (κ1) is 15.4. The lowest BCUT2D eigenvalue weighted by Gasteiger charge is -2.47. The number of amides is 1. The van der Waals surface area contributed by atoms with Gasteiger partial charge in [-0.1, -0.05) is 37.3 Å². The van der Waals surface area contributed by atoms with Gasteiger partial charge in [0.15, 0.2) is 0 Å². The number of rotatable bonds is 3. The van der Waals surface area contributed by atoms with E-state index in [2.05, 4.69) is 0 Å². The van der Waals surface area contributed by atoms with Crippen LogP contribution in [0.3, 0.4) is 0 Å². The number of hydrogen-bond acceptors (Lipinski definition) is 5. The van der Waals surface area contributed by atoms with Crippen LogP contribution in [0.5, 0.6) is 0 Å². The summed E-state index contributed by atoms with van der Waals surface area (Å²) in [6.45, 7) is 5.80. The number of carbonyl (C=O) groups is 2. The maximum atomic E-state index is 12.6. The number of nitrogens with two attached hydrogens (primary N) is 1. The van der Waals surface area contributed by atoms with E-state index in [-0.39, 0.29) is 23.8 Å². The first-order chi connectivity index (χ1) is 10.3. The molecular formula is C16H20N2O3S. The Morgan fingerprint density at radius 3 is 2.64 bits per heavy atom. The summed E-state index contributed by atoms with van der Waals surface area (Å²) < 4.78 is 4.82. The summed E-state index contributed by atoms with van der Waals surface area (Å²) in [5.41, 5.74) is 5.87. The molecule has 0 aromatic heterocycles. The molecule has 0 aliphatic carbocycles. The molecule has 1 aromatic rings. The first-order valence-corrected chi connectivity index (χ1v) is 8.18. The fraction of sp³-hybridized carbons (Fsp3) is 0.500. The summed E-state index contributed by atoms with van der Waals surface area (Å²) in [5, 5.41) is -0.0447. The van der Waals surface area contributed by atoms with Crippen molar-refractivity contribution < 1.29 is 14.3 Å². The van der Waals surface area contributed by atoms with E-state index in [1.165, 1.54) is 4.90 Å². The third-order valence-electron chi connectivity index (χ3n) is 4.55. The highest BCUT2D eigenvalue weighted by atomic mass is 32.2. The van der Waals surface area contributed by atoms with Crippen molar-refractivity contribution in [2.45, 2.75) is 43.2 Å². The predicted molar refractivity (Wildman–Crippen MR) is 84.6 cm³/mol. The van der Waals surface area contributed by atoms with Gasteiger partial charge in [0.25, 0.3) is 0 Å². The van der Waals surface area contributed by atoms with Crippen molar-refractivity contribution in [2.75, 3.05) is 0 Å². The second-order valence-corrected chi connectivity index (χ2v) is 8.08. The topological polar surface area (TPSA) is 72.6 Å². The van der Waals surface area contributed by atoms with Gasteiger partial charge in [-0.05, 0) is 19.4 Å². The van der Waals surface area contributed by atoms with Crippen LogP contribution in [0.1, 0.15) is 26.3 Å². The Balaban J connectivity index is 1.79. The number of carbonyl (C=O) groups excluding carboxylic acids is 2. The fourth-order valence-corrected chi connectivity index (χ4v) is 4.66. The lowest BCUT2D eigenvalue weighted by Crippen LogP contribution is -2.74. The Hall–Kier alpha value is -1.53. The lowest BCUT2D eigenvalue weighted by atomic mass is 9.88. The van der Waals surface area contributed by atoms with Gasteiger partial charge >= 0.3 is 5.97 Å². The molecule has 1 aromatic carbocycles. The van der Waals surface area contributed by atoms with Gasteiger partial charge in [0.2, 0.25) is 11.6 Å². The van der Waals surface area contributed by atoms with Crippen molar-refractivity contribution in [1.82, 2.24) is 4.90 Å². The third kappa shape index (κ3) is 1.97. The van der Waals surface area contributed by atoms with Crippen LogP contribution in [-0.2, 0) is 20.9 Å². The van der Waals surface area contributed by atoms with Gasteiger partial charge in [-0.15, -0.1) is 11.8 Å². The molecule has 2 N–H and O–H groups in total. The summed E-state index contributed by atoms with van der Waals surface area (Å²) in [4.78, 5) is 26.3. The smallest absolute Gasteiger partial charge is 0.348 e. The summed E-state index contributed by atoms with van der Waals surface area (Å²) in [6.07, 6.45) is 0. The van der Waals surface area contributed by atoms with Gasteiger partial charge in [0.05, 0.1) is 16.0 Å². The van der Waals surface area contributed by atoms with Gasteiger partial charge in [0.1, 0.15) is 6.61 Å². The first-order valence-electron chi connectivity index (χ1n) is 7.30. The highest BCUT2D eigenvalue weighted by Crippen LogP contribution is 2.56. The Bertz CT molecular complexity index is 619. The molecule has 0 unspecified atom stereocenters. The zero-order chi connectivity index (χ0) is 16.1. The maximum Gasteiger partial charge on any atom is 0.348 e. The van der Waals surface area contributed by atoms with E-state index in [0.717, 1.165) is 5.56 Å². The largest absolute Gasteiger partial charge is 0.458 e. The highest BCUT2D eigenvalue weighted by Gasteiger charge is 2.70. The Labute approximate surface area is 134 Å². The van der Waals surface area contributed by atoms with Crippen molar-refractivity contribution in [1.29, 1.82) is 0 Å². The molecule has 22 heavy (non-hydrogen) atoms. The predicted octanol–water partition coefficient (Wildman–Crippen LogP) is 1.71. The zero-order valence-electron chi connectivity index (χ0n) is 12.9. The second kappa shape index (κ2) is 4.99. The molecular weight excluding hydrogens is 300 g/mol. The van der Waals surface area contributed by atoms with Gasteiger partial charge in [-0.3, -0.25) is 10.5 Å². The van der Waals surface area contributed by atoms with E-state index in [1.807, 2.05) is 51.1 Å². The fourth-order valence-electron chi connectivity index (χ4n) is 3.00. The van der Waals surface area contributed by atoms with Crippen LogP contribution in [0.25, 0.3) is 0 Å². The van der Waals surface area contributed by atoms with E-state index >= 15 is 0 Å². The molecule has 2 heterocycles. The number of nitrogens with zero attached hydrogens (tertiary/aromatic N) is 1. The van der Waals surface area contributed by atoms with Gasteiger partial charge in [-0.2, -0.15) is 0 Å². The molecule has 5 nitrogen and oxygen atoms in total. The molecule has 0 saturated carbocycles. The van der Waals surface area contributed by atoms with E-state index < -0.39 is 16.4 Å².